The first-order valence-electron chi connectivity index (χ1n) is 8.56. The van der Waals surface area contributed by atoms with E-state index in [0.29, 0.717) is 5.41 Å². The molecule has 2 heterocycles. The second-order valence-corrected chi connectivity index (χ2v) is 7.50. The molecule has 1 aromatic carbocycles. The molecule has 1 N–H and O–H groups in total. The van der Waals surface area contributed by atoms with Crippen molar-refractivity contribution in [3.63, 3.8) is 0 Å². The Kier molecular flexibility index (Phi) is 5.59. The first kappa shape index (κ1) is 16.8. The minimum Gasteiger partial charge on any atom is -0.381 e. The fraction of sp³-hybridized carbons (Fsp3) is 0.611. The SMILES string of the molecule is CCNC(=NCCc1ccc(Br)cc1)N1CCC2(CCOC2)C1. The van der Waals surface area contributed by atoms with Crippen molar-refractivity contribution >= 4 is 21.9 Å². The molecule has 2 fully saturated rings. The van der Waals surface area contributed by atoms with E-state index in [0.717, 1.165) is 56.2 Å². The lowest BCUT2D eigenvalue weighted by molar-refractivity contribution is 0.156. The normalized spacial score (nSPS) is 24.6. The number of aliphatic imine (C=N–C) groups is 1. The van der Waals surface area contributed by atoms with Gasteiger partial charge in [-0.25, -0.2) is 0 Å². The van der Waals surface area contributed by atoms with E-state index in [9.17, 15) is 0 Å². The summed E-state index contributed by atoms with van der Waals surface area (Å²) in [5.74, 6) is 1.06. The minimum absolute atomic E-state index is 0.377. The number of nitrogens with zero attached hydrogens (tertiary/aromatic N) is 2. The molecule has 2 saturated heterocycles. The van der Waals surface area contributed by atoms with Crippen LogP contribution in [0.2, 0.25) is 0 Å². The quantitative estimate of drug-likeness (QED) is 0.644. The highest BCUT2D eigenvalue weighted by molar-refractivity contribution is 9.10. The van der Waals surface area contributed by atoms with Crippen LogP contribution in [0, 0.1) is 5.41 Å². The maximum Gasteiger partial charge on any atom is 0.193 e. The number of likely N-dealkylation sites (tertiary alicyclic amines) is 1. The van der Waals surface area contributed by atoms with Crippen molar-refractivity contribution in [2.75, 3.05) is 39.4 Å². The molecule has 5 heteroatoms. The van der Waals surface area contributed by atoms with E-state index in [1.165, 1.54) is 18.4 Å². The molecule has 2 aliphatic rings. The van der Waals surface area contributed by atoms with Gasteiger partial charge in [0.1, 0.15) is 0 Å². The van der Waals surface area contributed by atoms with Crippen LogP contribution in [-0.2, 0) is 11.2 Å². The number of hydrogen-bond acceptors (Lipinski definition) is 2. The average molecular weight is 380 g/mol. The summed E-state index contributed by atoms with van der Waals surface area (Å²) in [5.41, 5.74) is 1.71. The third kappa shape index (κ3) is 4.27. The fourth-order valence-corrected chi connectivity index (χ4v) is 3.72. The van der Waals surface area contributed by atoms with Gasteiger partial charge in [-0.05, 0) is 43.9 Å². The molecule has 0 bridgehead atoms. The van der Waals surface area contributed by atoms with Gasteiger partial charge in [0, 0.05) is 42.7 Å². The van der Waals surface area contributed by atoms with Crippen molar-refractivity contribution in [3.8, 4) is 0 Å². The second kappa shape index (κ2) is 7.67. The van der Waals surface area contributed by atoms with Gasteiger partial charge in [0.05, 0.1) is 6.61 Å². The number of halogens is 1. The molecule has 23 heavy (non-hydrogen) atoms. The Labute approximate surface area is 147 Å². The molecule has 1 atom stereocenters. The Hall–Kier alpha value is -1.07. The Morgan fingerprint density at radius 3 is 2.87 bits per heavy atom. The van der Waals surface area contributed by atoms with Crippen molar-refractivity contribution in [1.82, 2.24) is 10.2 Å². The van der Waals surface area contributed by atoms with Crippen LogP contribution in [0.25, 0.3) is 0 Å². The van der Waals surface area contributed by atoms with Crippen LogP contribution in [0.3, 0.4) is 0 Å². The molecule has 1 spiro atoms. The molecule has 0 aliphatic carbocycles. The standard InChI is InChI=1S/C18H26BrN3O/c1-2-20-17(21-10-7-15-3-5-16(19)6-4-15)22-11-8-18(13-22)9-12-23-14-18/h3-6H,2,7-14H2,1H3,(H,20,21). The molecule has 0 aromatic heterocycles. The highest BCUT2D eigenvalue weighted by Crippen LogP contribution is 2.38. The van der Waals surface area contributed by atoms with Gasteiger partial charge in [-0.2, -0.15) is 0 Å². The van der Waals surface area contributed by atoms with Gasteiger partial charge >= 0.3 is 0 Å². The van der Waals surface area contributed by atoms with Crippen LogP contribution >= 0.6 is 15.9 Å². The summed E-state index contributed by atoms with van der Waals surface area (Å²) in [6.07, 6.45) is 3.40. The lowest BCUT2D eigenvalue weighted by Gasteiger charge is -2.25. The summed E-state index contributed by atoms with van der Waals surface area (Å²) in [6, 6.07) is 8.50. The van der Waals surface area contributed by atoms with Gasteiger partial charge in [0.2, 0.25) is 0 Å². The average Bonchev–Trinajstić information content (AvgIpc) is 3.19. The zero-order valence-corrected chi connectivity index (χ0v) is 15.4. The molecule has 0 amide bonds. The van der Waals surface area contributed by atoms with Crippen molar-refractivity contribution in [2.45, 2.75) is 26.2 Å². The monoisotopic (exact) mass is 379 g/mol. The van der Waals surface area contributed by atoms with Gasteiger partial charge in [0.25, 0.3) is 0 Å². The fourth-order valence-electron chi connectivity index (χ4n) is 3.46. The number of rotatable bonds is 4. The van der Waals surface area contributed by atoms with Crippen LogP contribution in [0.1, 0.15) is 25.3 Å². The van der Waals surface area contributed by atoms with E-state index >= 15 is 0 Å². The maximum absolute atomic E-state index is 5.63. The van der Waals surface area contributed by atoms with Crippen molar-refractivity contribution < 1.29 is 4.74 Å². The van der Waals surface area contributed by atoms with Gasteiger partial charge in [0.15, 0.2) is 5.96 Å². The summed E-state index contributed by atoms with van der Waals surface area (Å²) < 4.78 is 6.75. The van der Waals surface area contributed by atoms with Gasteiger partial charge in [-0.1, -0.05) is 28.1 Å². The number of ether oxygens (including phenoxy) is 1. The number of benzene rings is 1. The second-order valence-electron chi connectivity index (χ2n) is 6.59. The summed E-state index contributed by atoms with van der Waals surface area (Å²) >= 11 is 3.48. The zero-order chi connectivity index (χ0) is 16.1. The van der Waals surface area contributed by atoms with Crippen LogP contribution in [-0.4, -0.2) is 50.3 Å². The molecule has 4 nitrogen and oxygen atoms in total. The molecule has 1 unspecified atom stereocenters. The topological polar surface area (TPSA) is 36.9 Å². The highest BCUT2D eigenvalue weighted by atomic mass is 79.9. The summed E-state index contributed by atoms with van der Waals surface area (Å²) in [7, 11) is 0. The van der Waals surface area contributed by atoms with Crippen molar-refractivity contribution in [2.24, 2.45) is 10.4 Å². The lowest BCUT2D eigenvalue weighted by atomic mass is 9.87. The van der Waals surface area contributed by atoms with E-state index in [1.54, 1.807) is 0 Å². The molecule has 2 aliphatic heterocycles. The molecule has 1 aromatic rings. The third-order valence-electron chi connectivity index (χ3n) is 4.83. The first-order valence-corrected chi connectivity index (χ1v) is 9.36. The van der Waals surface area contributed by atoms with Crippen molar-refractivity contribution in [3.05, 3.63) is 34.3 Å². The Morgan fingerprint density at radius 2 is 2.17 bits per heavy atom. The number of nitrogens with one attached hydrogen (secondary N) is 1. The summed E-state index contributed by atoms with van der Waals surface area (Å²) in [4.78, 5) is 7.26. The Balaban J connectivity index is 1.58. The largest absolute Gasteiger partial charge is 0.381 e. The molecular weight excluding hydrogens is 354 g/mol. The Morgan fingerprint density at radius 1 is 1.35 bits per heavy atom. The van der Waals surface area contributed by atoms with E-state index < -0.39 is 0 Å². The smallest absolute Gasteiger partial charge is 0.193 e. The van der Waals surface area contributed by atoms with Crippen LogP contribution in [0.5, 0.6) is 0 Å². The first-order chi connectivity index (χ1) is 11.2. The van der Waals surface area contributed by atoms with E-state index in [-0.39, 0.29) is 0 Å². The van der Waals surface area contributed by atoms with E-state index in [4.69, 9.17) is 9.73 Å². The van der Waals surface area contributed by atoms with Crippen LogP contribution in [0.15, 0.2) is 33.7 Å². The minimum atomic E-state index is 0.377. The zero-order valence-electron chi connectivity index (χ0n) is 13.9. The predicted octanol–water partition coefficient (Wildman–Crippen LogP) is 3.07. The molecule has 0 saturated carbocycles. The predicted molar refractivity (Wildman–Crippen MR) is 97.9 cm³/mol. The van der Waals surface area contributed by atoms with Crippen molar-refractivity contribution in [1.29, 1.82) is 0 Å². The lowest BCUT2D eigenvalue weighted by Crippen LogP contribution is -2.41. The molecule has 0 radical (unpaired) electrons. The third-order valence-corrected chi connectivity index (χ3v) is 5.36. The van der Waals surface area contributed by atoms with Crippen LogP contribution < -0.4 is 5.32 Å². The van der Waals surface area contributed by atoms with Crippen LogP contribution in [0.4, 0.5) is 0 Å². The molecule has 126 valence electrons. The van der Waals surface area contributed by atoms with E-state index in [1.807, 2.05) is 0 Å². The van der Waals surface area contributed by atoms with E-state index in [2.05, 4.69) is 57.3 Å². The van der Waals surface area contributed by atoms with Gasteiger partial charge < -0.3 is 15.0 Å². The Bertz CT molecular complexity index is 538. The van der Waals surface area contributed by atoms with Gasteiger partial charge in [-0.15, -0.1) is 0 Å². The van der Waals surface area contributed by atoms with Gasteiger partial charge in [-0.3, -0.25) is 4.99 Å². The summed E-state index contributed by atoms with van der Waals surface area (Å²) in [5, 5.41) is 3.45. The molecular formula is C18H26BrN3O. The molecule has 3 rings (SSSR count). The number of hydrogen-bond donors (Lipinski definition) is 1. The number of guanidine groups is 1. The maximum atomic E-state index is 5.63. The highest BCUT2D eigenvalue weighted by Gasteiger charge is 2.42. The summed E-state index contributed by atoms with van der Waals surface area (Å²) in [6.45, 7) is 7.88.